The van der Waals surface area contributed by atoms with E-state index in [-0.39, 0.29) is 23.6 Å². The minimum atomic E-state index is -0.793. The molecule has 23 heavy (non-hydrogen) atoms. The van der Waals surface area contributed by atoms with Crippen molar-refractivity contribution in [3.63, 3.8) is 0 Å². The first-order valence-electron chi connectivity index (χ1n) is 7.95. The zero-order valence-electron chi connectivity index (χ0n) is 13.0. The molecule has 1 aliphatic carbocycles. The molecule has 0 aromatic heterocycles. The minimum Gasteiger partial charge on any atom is -0.481 e. The number of carboxylic acids is 1. The van der Waals surface area contributed by atoms with Gasteiger partial charge in [-0.15, -0.1) is 11.8 Å². The standard InChI is InChI=1S/C17H22FNO3S/c18-14-5-7-15(8-6-14)23-10-2-9-19-16(20)12-3-1-4-13(11-12)17(21)22/h5-8,12-13H,1-4,9-11H2,(H,19,20)(H,21,22). The fourth-order valence-corrected chi connectivity index (χ4v) is 3.65. The molecular weight excluding hydrogens is 317 g/mol. The van der Waals surface area contributed by atoms with Gasteiger partial charge in [0, 0.05) is 17.4 Å². The summed E-state index contributed by atoms with van der Waals surface area (Å²) in [5, 5.41) is 12.0. The summed E-state index contributed by atoms with van der Waals surface area (Å²) < 4.78 is 12.8. The molecule has 1 aromatic rings. The Morgan fingerprint density at radius 2 is 1.91 bits per heavy atom. The highest BCUT2D eigenvalue weighted by atomic mass is 32.2. The summed E-state index contributed by atoms with van der Waals surface area (Å²) in [6.07, 6.45) is 3.52. The molecule has 126 valence electrons. The lowest BCUT2D eigenvalue weighted by Crippen LogP contribution is -2.36. The van der Waals surface area contributed by atoms with Gasteiger partial charge >= 0.3 is 5.97 Å². The van der Waals surface area contributed by atoms with Gasteiger partial charge in [0.2, 0.25) is 5.91 Å². The van der Waals surface area contributed by atoms with Gasteiger partial charge in [-0.3, -0.25) is 9.59 Å². The molecule has 1 amide bonds. The average Bonchev–Trinajstić information content (AvgIpc) is 2.56. The Bertz CT molecular complexity index is 535. The van der Waals surface area contributed by atoms with Gasteiger partial charge in [-0.05, 0) is 55.7 Å². The van der Waals surface area contributed by atoms with Gasteiger partial charge in [-0.1, -0.05) is 6.42 Å². The molecular formula is C17H22FNO3S. The van der Waals surface area contributed by atoms with Gasteiger partial charge in [-0.2, -0.15) is 0 Å². The number of hydrogen-bond acceptors (Lipinski definition) is 3. The Balaban J connectivity index is 1.62. The van der Waals surface area contributed by atoms with Gasteiger partial charge < -0.3 is 10.4 Å². The second kappa shape index (κ2) is 8.91. The lowest BCUT2D eigenvalue weighted by molar-refractivity contribution is -0.144. The van der Waals surface area contributed by atoms with Crippen LogP contribution in [0, 0.1) is 17.7 Å². The van der Waals surface area contributed by atoms with E-state index in [1.165, 1.54) is 12.1 Å². The predicted octanol–water partition coefficient (Wildman–Crippen LogP) is 3.32. The first kappa shape index (κ1) is 17.8. The maximum Gasteiger partial charge on any atom is 0.306 e. The van der Waals surface area contributed by atoms with Crippen LogP contribution in [0.1, 0.15) is 32.1 Å². The Kier molecular flexibility index (Phi) is 6.89. The van der Waals surface area contributed by atoms with E-state index in [1.54, 1.807) is 23.9 Å². The number of benzene rings is 1. The van der Waals surface area contributed by atoms with E-state index in [0.717, 1.165) is 29.9 Å². The van der Waals surface area contributed by atoms with Crippen LogP contribution in [0.4, 0.5) is 4.39 Å². The first-order valence-corrected chi connectivity index (χ1v) is 8.93. The summed E-state index contributed by atoms with van der Waals surface area (Å²) in [6, 6.07) is 6.36. The van der Waals surface area contributed by atoms with E-state index < -0.39 is 5.97 Å². The third-order valence-corrected chi connectivity index (χ3v) is 5.20. The summed E-state index contributed by atoms with van der Waals surface area (Å²) in [5.74, 6) is -0.772. The highest BCUT2D eigenvalue weighted by molar-refractivity contribution is 7.99. The van der Waals surface area contributed by atoms with Crippen molar-refractivity contribution in [1.29, 1.82) is 0 Å². The van der Waals surface area contributed by atoms with Gasteiger partial charge in [0.05, 0.1) is 5.92 Å². The Hall–Kier alpha value is -1.56. The van der Waals surface area contributed by atoms with E-state index >= 15 is 0 Å². The first-order chi connectivity index (χ1) is 11.1. The third-order valence-electron chi connectivity index (χ3n) is 4.10. The topological polar surface area (TPSA) is 66.4 Å². The van der Waals surface area contributed by atoms with Gasteiger partial charge in [0.15, 0.2) is 0 Å². The average molecular weight is 339 g/mol. The van der Waals surface area contributed by atoms with Crippen LogP contribution in [0.15, 0.2) is 29.2 Å². The molecule has 6 heteroatoms. The van der Waals surface area contributed by atoms with Crippen molar-refractivity contribution in [3.8, 4) is 0 Å². The summed E-state index contributed by atoms with van der Waals surface area (Å²) >= 11 is 1.62. The van der Waals surface area contributed by atoms with Crippen LogP contribution < -0.4 is 5.32 Å². The zero-order chi connectivity index (χ0) is 16.7. The minimum absolute atomic E-state index is 0.0252. The number of carbonyl (C=O) groups is 2. The van der Waals surface area contributed by atoms with Crippen LogP contribution in [-0.4, -0.2) is 29.3 Å². The van der Waals surface area contributed by atoms with Gasteiger partial charge in [0.1, 0.15) is 5.82 Å². The van der Waals surface area contributed by atoms with Crippen molar-refractivity contribution in [2.45, 2.75) is 37.0 Å². The molecule has 1 aromatic carbocycles. The lowest BCUT2D eigenvalue weighted by Gasteiger charge is -2.25. The van der Waals surface area contributed by atoms with E-state index in [4.69, 9.17) is 5.11 Å². The largest absolute Gasteiger partial charge is 0.481 e. The number of carboxylic acid groups (broad SMARTS) is 1. The van der Waals surface area contributed by atoms with Gasteiger partial charge in [0.25, 0.3) is 0 Å². The van der Waals surface area contributed by atoms with Crippen molar-refractivity contribution < 1.29 is 19.1 Å². The molecule has 0 bridgehead atoms. The summed E-state index contributed by atoms with van der Waals surface area (Å²) in [6.45, 7) is 0.585. The molecule has 1 saturated carbocycles. The zero-order valence-corrected chi connectivity index (χ0v) is 13.8. The number of thioether (sulfide) groups is 1. The van der Waals surface area contributed by atoms with Gasteiger partial charge in [-0.25, -0.2) is 4.39 Å². The molecule has 2 atom stereocenters. The molecule has 2 rings (SSSR count). The van der Waals surface area contributed by atoms with Crippen LogP contribution in [-0.2, 0) is 9.59 Å². The maximum absolute atomic E-state index is 12.8. The van der Waals surface area contributed by atoms with E-state index in [9.17, 15) is 14.0 Å². The Morgan fingerprint density at radius 3 is 2.61 bits per heavy atom. The molecule has 2 unspecified atom stereocenters. The highest BCUT2D eigenvalue weighted by Gasteiger charge is 2.30. The molecule has 1 fully saturated rings. The lowest BCUT2D eigenvalue weighted by atomic mass is 9.81. The molecule has 0 spiro atoms. The second-order valence-corrected chi connectivity index (χ2v) is 7.01. The van der Waals surface area contributed by atoms with E-state index in [0.29, 0.717) is 19.4 Å². The molecule has 4 nitrogen and oxygen atoms in total. The fourth-order valence-electron chi connectivity index (χ4n) is 2.80. The van der Waals surface area contributed by atoms with Crippen molar-refractivity contribution >= 4 is 23.6 Å². The monoisotopic (exact) mass is 339 g/mol. The molecule has 0 aliphatic heterocycles. The normalized spacial score (nSPS) is 20.9. The molecule has 2 N–H and O–H groups in total. The smallest absolute Gasteiger partial charge is 0.306 e. The summed E-state index contributed by atoms with van der Waals surface area (Å²) in [7, 11) is 0. The molecule has 1 aliphatic rings. The van der Waals surface area contributed by atoms with Crippen molar-refractivity contribution in [2.24, 2.45) is 11.8 Å². The van der Waals surface area contributed by atoms with Crippen LogP contribution in [0.3, 0.4) is 0 Å². The van der Waals surface area contributed by atoms with E-state index in [1.807, 2.05) is 0 Å². The van der Waals surface area contributed by atoms with Crippen molar-refractivity contribution in [2.75, 3.05) is 12.3 Å². The van der Waals surface area contributed by atoms with Crippen molar-refractivity contribution in [1.82, 2.24) is 5.32 Å². The fraction of sp³-hybridized carbons (Fsp3) is 0.529. The number of hydrogen-bond donors (Lipinski definition) is 2. The Labute approximate surface area is 139 Å². The van der Waals surface area contributed by atoms with Crippen LogP contribution in [0.5, 0.6) is 0 Å². The molecule has 0 radical (unpaired) electrons. The number of rotatable bonds is 7. The SMILES string of the molecule is O=C(O)C1CCCC(C(=O)NCCCSc2ccc(F)cc2)C1. The van der Waals surface area contributed by atoms with Crippen LogP contribution >= 0.6 is 11.8 Å². The number of nitrogens with one attached hydrogen (secondary N) is 1. The molecule has 0 heterocycles. The number of halogens is 1. The number of aliphatic carboxylic acids is 1. The predicted molar refractivity (Wildman–Crippen MR) is 87.8 cm³/mol. The number of amides is 1. The quantitative estimate of drug-likeness (QED) is 0.591. The Morgan fingerprint density at radius 1 is 1.22 bits per heavy atom. The maximum atomic E-state index is 12.8. The van der Waals surface area contributed by atoms with Crippen molar-refractivity contribution in [3.05, 3.63) is 30.1 Å². The summed E-state index contributed by atoms with van der Waals surface area (Å²) in [4.78, 5) is 24.1. The highest BCUT2D eigenvalue weighted by Crippen LogP contribution is 2.29. The second-order valence-electron chi connectivity index (χ2n) is 5.85. The number of carbonyl (C=O) groups excluding carboxylic acids is 1. The third kappa shape index (κ3) is 5.86. The van der Waals surface area contributed by atoms with Crippen LogP contribution in [0.25, 0.3) is 0 Å². The molecule has 0 saturated heterocycles. The summed E-state index contributed by atoms with van der Waals surface area (Å²) in [5.41, 5.74) is 0. The van der Waals surface area contributed by atoms with E-state index in [2.05, 4.69) is 5.32 Å². The van der Waals surface area contributed by atoms with Crippen LogP contribution in [0.2, 0.25) is 0 Å².